The van der Waals surface area contributed by atoms with E-state index in [0.717, 1.165) is 19.6 Å². The summed E-state index contributed by atoms with van der Waals surface area (Å²) in [4.78, 5) is 2.33. The summed E-state index contributed by atoms with van der Waals surface area (Å²) in [7, 11) is 2.17. The van der Waals surface area contributed by atoms with Crippen molar-refractivity contribution in [2.24, 2.45) is 0 Å². The molecule has 0 heterocycles. The van der Waals surface area contributed by atoms with Crippen molar-refractivity contribution in [2.45, 2.75) is 33.1 Å². The molecule has 1 aromatic carbocycles. The highest BCUT2D eigenvalue weighted by Crippen LogP contribution is 2.13. The van der Waals surface area contributed by atoms with Crippen LogP contribution in [0.4, 0.5) is 5.69 Å². The maximum Gasteiger partial charge on any atom is 0.0363 e. The molecule has 0 spiro atoms. The lowest BCUT2D eigenvalue weighted by atomic mass is 10.2. The molecule has 0 aromatic heterocycles. The number of nitrogens with zero attached hydrogens (tertiary/aromatic N) is 1. The summed E-state index contributed by atoms with van der Waals surface area (Å²) >= 11 is 0. The van der Waals surface area contributed by atoms with Crippen LogP contribution in [0.1, 0.15) is 31.7 Å². The summed E-state index contributed by atoms with van der Waals surface area (Å²) in [5, 5.41) is 3.44. The van der Waals surface area contributed by atoms with E-state index in [9.17, 15) is 0 Å². The molecule has 96 valence electrons. The number of benzene rings is 1. The number of aryl methyl sites for hydroxylation is 1. The zero-order valence-electron chi connectivity index (χ0n) is 11.5. The lowest BCUT2D eigenvalue weighted by molar-refractivity contribution is 0.615. The minimum Gasteiger partial charge on any atom is -0.375 e. The van der Waals surface area contributed by atoms with Crippen molar-refractivity contribution in [1.82, 2.24) is 5.32 Å². The molecule has 0 saturated carbocycles. The monoisotopic (exact) mass is 234 g/mol. The predicted octanol–water partition coefficient (Wildman–Crippen LogP) is 3.21. The van der Waals surface area contributed by atoms with E-state index in [1.54, 1.807) is 0 Å². The molecular formula is C15H26N2. The molecule has 0 aliphatic carbocycles. The molecule has 0 unspecified atom stereocenters. The number of anilines is 1. The van der Waals surface area contributed by atoms with Gasteiger partial charge in [0.25, 0.3) is 0 Å². The predicted molar refractivity (Wildman–Crippen MR) is 76.8 cm³/mol. The van der Waals surface area contributed by atoms with Crippen LogP contribution in [0, 0.1) is 6.92 Å². The summed E-state index contributed by atoms with van der Waals surface area (Å²) in [6.45, 7) is 7.77. The van der Waals surface area contributed by atoms with Crippen molar-refractivity contribution >= 4 is 5.69 Å². The topological polar surface area (TPSA) is 15.3 Å². The fraction of sp³-hybridized carbons (Fsp3) is 0.600. The van der Waals surface area contributed by atoms with Gasteiger partial charge >= 0.3 is 0 Å². The van der Waals surface area contributed by atoms with Crippen LogP contribution in [0.15, 0.2) is 24.3 Å². The van der Waals surface area contributed by atoms with Crippen molar-refractivity contribution in [2.75, 3.05) is 31.6 Å². The third kappa shape index (κ3) is 5.73. The molecule has 1 rings (SSSR count). The minimum atomic E-state index is 1.14. The van der Waals surface area contributed by atoms with Gasteiger partial charge in [0, 0.05) is 19.3 Å². The summed E-state index contributed by atoms with van der Waals surface area (Å²) in [6.07, 6.45) is 3.74. The Kier molecular flexibility index (Phi) is 6.71. The van der Waals surface area contributed by atoms with Crippen molar-refractivity contribution in [3.05, 3.63) is 29.8 Å². The number of rotatable bonds is 8. The van der Waals surface area contributed by atoms with E-state index in [0.29, 0.717) is 0 Å². The standard InChI is InChI=1S/C15H26N2/c1-4-11-16-12-5-6-13-17(3)15-9-7-14(2)8-10-15/h7-10,16H,4-6,11-13H2,1-3H3. The van der Waals surface area contributed by atoms with Crippen LogP contribution >= 0.6 is 0 Å². The van der Waals surface area contributed by atoms with Gasteiger partial charge in [0.1, 0.15) is 0 Å². The first-order valence-corrected chi connectivity index (χ1v) is 6.72. The Morgan fingerprint density at radius 1 is 1.06 bits per heavy atom. The van der Waals surface area contributed by atoms with E-state index in [-0.39, 0.29) is 0 Å². The molecule has 0 bridgehead atoms. The minimum absolute atomic E-state index is 1.14. The van der Waals surface area contributed by atoms with Crippen LogP contribution in [0.25, 0.3) is 0 Å². The van der Waals surface area contributed by atoms with Gasteiger partial charge in [-0.2, -0.15) is 0 Å². The first-order chi connectivity index (χ1) is 8.24. The van der Waals surface area contributed by atoms with Gasteiger partial charge in [-0.15, -0.1) is 0 Å². The highest BCUT2D eigenvalue weighted by Gasteiger charge is 1.99. The maximum absolute atomic E-state index is 3.44. The smallest absolute Gasteiger partial charge is 0.0363 e. The molecule has 2 nitrogen and oxygen atoms in total. The SMILES string of the molecule is CCCNCCCCN(C)c1ccc(C)cc1. The molecule has 0 saturated heterocycles. The third-order valence-corrected chi connectivity index (χ3v) is 3.00. The van der Waals surface area contributed by atoms with Gasteiger partial charge in [0.2, 0.25) is 0 Å². The Hall–Kier alpha value is -1.02. The van der Waals surface area contributed by atoms with Crippen LogP contribution in [-0.4, -0.2) is 26.7 Å². The van der Waals surface area contributed by atoms with Gasteiger partial charge in [-0.05, 0) is 51.4 Å². The fourth-order valence-electron chi connectivity index (χ4n) is 1.83. The van der Waals surface area contributed by atoms with E-state index in [4.69, 9.17) is 0 Å². The Balaban J connectivity index is 2.16. The van der Waals surface area contributed by atoms with Gasteiger partial charge in [-0.3, -0.25) is 0 Å². The quantitative estimate of drug-likeness (QED) is 0.695. The third-order valence-electron chi connectivity index (χ3n) is 3.00. The van der Waals surface area contributed by atoms with Crippen LogP contribution in [0.2, 0.25) is 0 Å². The van der Waals surface area contributed by atoms with Gasteiger partial charge in [0.05, 0.1) is 0 Å². The second-order valence-corrected chi connectivity index (χ2v) is 4.71. The van der Waals surface area contributed by atoms with Crippen LogP contribution in [0.5, 0.6) is 0 Å². The summed E-state index contributed by atoms with van der Waals surface area (Å²) < 4.78 is 0. The summed E-state index contributed by atoms with van der Waals surface area (Å²) in [5.41, 5.74) is 2.64. The van der Waals surface area contributed by atoms with Gasteiger partial charge in [-0.25, -0.2) is 0 Å². The van der Waals surface area contributed by atoms with Gasteiger partial charge in [-0.1, -0.05) is 24.6 Å². The molecular weight excluding hydrogens is 208 g/mol. The first kappa shape index (κ1) is 14.0. The number of unbranched alkanes of at least 4 members (excludes halogenated alkanes) is 1. The van der Waals surface area contributed by atoms with Crippen LogP contribution < -0.4 is 10.2 Å². The number of nitrogens with one attached hydrogen (secondary N) is 1. The second kappa shape index (κ2) is 8.13. The molecule has 0 aliphatic heterocycles. The highest BCUT2D eigenvalue weighted by molar-refractivity contribution is 5.46. The zero-order chi connectivity index (χ0) is 12.5. The molecule has 0 radical (unpaired) electrons. The van der Waals surface area contributed by atoms with E-state index in [2.05, 4.69) is 55.4 Å². The lowest BCUT2D eigenvalue weighted by Crippen LogP contribution is -2.21. The van der Waals surface area contributed by atoms with Gasteiger partial charge in [0.15, 0.2) is 0 Å². The Morgan fingerprint density at radius 2 is 1.76 bits per heavy atom. The average Bonchev–Trinajstić information content (AvgIpc) is 2.34. The average molecular weight is 234 g/mol. The van der Waals surface area contributed by atoms with Crippen LogP contribution in [0.3, 0.4) is 0 Å². The van der Waals surface area contributed by atoms with Crippen LogP contribution in [-0.2, 0) is 0 Å². The Morgan fingerprint density at radius 3 is 2.41 bits per heavy atom. The van der Waals surface area contributed by atoms with Crippen molar-refractivity contribution in [1.29, 1.82) is 0 Å². The Bertz CT molecular complexity index is 292. The van der Waals surface area contributed by atoms with Crippen molar-refractivity contribution in [3.8, 4) is 0 Å². The van der Waals surface area contributed by atoms with Gasteiger partial charge < -0.3 is 10.2 Å². The fourth-order valence-corrected chi connectivity index (χ4v) is 1.83. The molecule has 17 heavy (non-hydrogen) atoms. The molecule has 0 aliphatic rings. The molecule has 1 aromatic rings. The lowest BCUT2D eigenvalue weighted by Gasteiger charge is -2.19. The van der Waals surface area contributed by atoms with E-state index >= 15 is 0 Å². The summed E-state index contributed by atoms with van der Waals surface area (Å²) in [5.74, 6) is 0. The van der Waals surface area contributed by atoms with E-state index in [1.165, 1.54) is 30.5 Å². The maximum atomic E-state index is 3.44. The van der Waals surface area contributed by atoms with E-state index in [1.807, 2.05) is 0 Å². The van der Waals surface area contributed by atoms with E-state index < -0.39 is 0 Å². The first-order valence-electron chi connectivity index (χ1n) is 6.72. The second-order valence-electron chi connectivity index (χ2n) is 4.71. The zero-order valence-corrected chi connectivity index (χ0v) is 11.5. The highest BCUT2D eigenvalue weighted by atomic mass is 15.1. The number of hydrogen-bond acceptors (Lipinski definition) is 2. The molecule has 0 amide bonds. The van der Waals surface area contributed by atoms with Crippen molar-refractivity contribution < 1.29 is 0 Å². The molecule has 0 fully saturated rings. The summed E-state index contributed by atoms with van der Waals surface area (Å²) in [6, 6.07) is 8.75. The Labute approximate surface area is 106 Å². The largest absolute Gasteiger partial charge is 0.375 e. The number of hydrogen-bond donors (Lipinski definition) is 1. The molecule has 1 N–H and O–H groups in total. The van der Waals surface area contributed by atoms with Crippen molar-refractivity contribution in [3.63, 3.8) is 0 Å². The molecule has 0 atom stereocenters. The normalized spacial score (nSPS) is 10.5. The molecule has 2 heteroatoms.